The van der Waals surface area contributed by atoms with Crippen LogP contribution in [0.3, 0.4) is 0 Å². The Morgan fingerprint density at radius 1 is 1.30 bits per heavy atom. The van der Waals surface area contributed by atoms with E-state index in [2.05, 4.69) is 22.2 Å². The number of para-hydroxylation sites is 2. The van der Waals surface area contributed by atoms with E-state index in [4.69, 9.17) is 5.26 Å². The Kier molecular flexibility index (Phi) is 3.23. The Morgan fingerprint density at radius 3 is 2.91 bits per heavy atom. The van der Waals surface area contributed by atoms with E-state index in [1.807, 2.05) is 52.8 Å². The van der Waals surface area contributed by atoms with Gasteiger partial charge in [0.15, 0.2) is 0 Å². The van der Waals surface area contributed by atoms with Crippen molar-refractivity contribution in [3.8, 4) is 6.07 Å². The van der Waals surface area contributed by atoms with Gasteiger partial charge in [-0.2, -0.15) is 10.4 Å². The molecule has 1 aromatic carbocycles. The molecule has 0 atom stereocenters. The Hall–Kier alpha value is -2.87. The van der Waals surface area contributed by atoms with Crippen molar-refractivity contribution >= 4 is 23.2 Å². The van der Waals surface area contributed by atoms with Gasteiger partial charge in [0.05, 0.1) is 29.0 Å². The van der Waals surface area contributed by atoms with Crippen molar-refractivity contribution in [2.75, 3.05) is 0 Å². The SMILES string of the molecule is Cn1ncc(C2CC2)c1C=Cc1nc2ccccc2n1CC#N. The minimum absolute atomic E-state index is 0.293. The molecule has 0 spiro atoms. The topological polar surface area (TPSA) is 59.4 Å². The van der Waals surface area contributed by atoms with Crippen molar-refractivity contribution in [1.29, 1.82) is 5.26 Å². The summed E-state index contributed by atoms with van der Waals surface area (Å²) in [6.07, 6.45) is 8.52. The smallest absolute Gasteiger partial charge is 0.134 e. The molecule has 2 heterocycles. The highest BCUT2D eigenvalue weighted by atomic mass is 15.3. The fourth-order valence-electron chi connectivity index (χ4n) is 2.99. The predicted octanol–water partition coefficient (Wildman–Crippen LogP) is 3.34. The van der Waals surface area contributed by atoms with Crippen LogP contribution in [0.25, 0.3) is 23.2 Å². The van der Waals surface area contributed by atoms with Gasteiger partial charge >= 0.3 is 0 Å². The maximum absolute atomic E-state index is 9.11. The average molecular weight is 303 g/mol. The van der Waals surface area contributed by atoms with Gasteiger partial charge in [-0.3, -0.25) is 4.68 Å². The van der Waals surface area contributed by atoms with Crippen molar-refractivity contribution in [1.82, 2.24) is 19.3 Å². The quantitative estimate of drug-likeness (QED) is 0.742. The number of hydrogen-bond donors (Lipinski definition) is 0. The molecule has 0 N–H and O–H groups in total. The highest BCUT2D eigenvalue weighted by molar-refractivity contribution is 5.80. The molecule has 1 aliphatic rings. The van der Waals surface area contributed by atoms with E-state index < -0.39 is 0 Å². The number of imidazole rings is 1. The van der Waals surface area contributed by atoms with Gasteiger partial charge in [0.25, 0.3) is 0 Å². The van der Waals surface area contributed by atoms with Crippen LogP contribution in [0.4, 0.5) is 0 Å². The molecule has 0 radical (unpaired) electrons. The minimum atomic E-state index is 0.293. The monoisotopic (exact) mass is 303 g/mol. The number of nitriles is 1. The first-order chi connectivity index (χ1) is 11.3. The first kappa shape index (κ1) is 13.8. The van der Waals surface area contributed by atoms with Crippen molar-refractivity contribution in [2.45, 2.75) is 25.3 Å². The zero-order chi connectivity index (χ0) is 15.8. The summed E-state index contributed by atoms with van der Waals surface area (Å²) in [5, 5.41) is 13.5. The largest absolute Gasteiger partial charge is 0.310 e. The second kappa shape index (κ2) is 5.40. The summed E-state index contributed by atoms with van der Waals surface area (Å²) in [6.45, 7) is 0.293. The molecule has 3 aromatic rings. The van der Waals surface area contributed by atoms with Crippen LogP contribution in [-0.4, -0.2) is 19.3 Å². The third-order valence-corrected chi connectivity index (χ3v) is 4.33. The van der Waals surface area contributed by atoms with Gasteiger partial charge in [0.2, 0.25) is 0 Å². The van der Waals surface area contributed by atoms with Crippen LogP contribution in [0, 0.1) is 11.3 Å². The third kappa shape index (κ3) is 2.42. The molecule has 4 rings (SSSR count). The zero-order valence-electron chi connectivity index (χ0n) is 13.0. The summed E-state index contributed by atoms with van der Waals surface area (Å²) >= 11 is 0. The van der Waals surface area contributed by atoms with Crippen LogP contribution < -0.4 is 0 Å². The standard InChI is InChI=1S/C18H17N5/c1-22-16(14(12-20-22)13-6-7-13)8-9-18-21-15-4-2-3-5-17(15)23(18)11-10-19/h2-5,8-9,12-13H,6-7,11H2,1H3. The predicted molar refractivity (Wildman–Crippen MR) is 89.5 cm³/mol. The van der Waals surface area contributed by atoms with Crippen LogP contribution in [-0.2, 0) is 13.6 Å². The molecule has 0 unspecified atom stereocenters. The molecule has 0 amide bonds. The van der Waals surface area contributed by atoms with Gasteiger partial charge in [-0.05, 0) is 43.0 Å². The fourth-order valence-corrected chi connectivity index (χ4v) is 2.99. The van der Waals surface area contributed by atoms with Gasteiger partial charge in [0, 0.05) is 12.6 Å². The van der Waals surface area contributed by atoms with Gasteiger partial charge in [-0.15, -0.1) is 0 Å². The molecule has 1 aliphatic carbocycles. The van der Waals surface area contributed by atoms with Crippen molar-refractivity contribution in [3.63, 3.8) is 0 Å². The summed E-state index contributed by atoms with van der Waals surface area (Å²) in [5.41, 5.74) is 4.34. The van der Waals surface area contributed by atoms with E-state index >= 15 is 0 Å². The second-order valence-electron chi connectivity index (χ2n) is 5.92. The molecule has 2 aromatic heterocycles. The van der Waals surface area contributed by atoms with Crippen LogP contribution >= 0.6 is 0 Å². The number of rotatable bonds is 4. The van der Waals surface area contributed by atoms with Crippen LogP contribution in [0.5, 0.6) is 0 Å². The molecule has 114 valence electrons. The molecule has 0 bridgehead atoms. The van der Waals surface area contributed by atoms with Gasteiger partial charge in [-0.1, -0.05) is 12.1 Å². The molecule has 0 saturated heterocycles. The highest BCUT2D eigenvalue weighted by Crippen LogP contribution is 2.41. The lowest BCUT2D eigenvalue weighted by atomic mass is 10.1. The number of nitrogens with zero attached hydrogens (tertiary/aromatic N) is 5. The molecule has 1 fully saturated rings. The molecular weight excluding hydrogens is 286 g/mol. The summed E-state index contributed by atoms with van der Waals surface area (Å²) < 4.78 is 3.85. The van der Waals surface area contributed by atoms with E-state index in [-0.39, 0.29) is 0 Å². The molecule has 5 nitrogen and oxygen atoms in total. The average Bonchev–Trinajstić information content (AvgIpc) is 3.26. The Morgan fingerprint density at radius 2 is 2.13 bits per heavy atom. The van der Waals surface area contributed by atoms with Gasteiger partial charge in [0.1, 0.15) is 12.4 Å². The maximum atomic E-state index is 9.11. The van der Waals surface area contributed by atoms with Crippen molar-refractivity contribution in [2.24, 2.45) is 7.05 Å². The zero-order valence-corrected chi connectivity index (χ0v) is 13.0. The van der Waals surface area contributed by atoms with Crippen molar-refractivity contribution in [3.05, 3.63) is 47.5 Å². The molecule has 23 heavy (non-hydrogen) atoms. The number of fused-ring (bicyclic) bond motifs is 1. The number of benzene rings is 1. The number of aromatic nitrogens is 4. The first-order valence-electron chi connectivity index (χ1n) is 7.80. The maximum Gasteiger partial charge on any atom is 0.134 e. The highest BCUT2D eigenvalue weighted by Gasteiger charge is 2.27. The summed E-state index contributed by atoms with van der Waals surface area (Å²) in [7, 11) is 1.96. The van der Waals surface area contributed by atoms with E-state index in [0.717, 1.165) is 22.6 Å². The second-order valence-corrected chi connectivity index (χ2v) is 5.92. The molecule has 1 saturated carbocycles. The third-order valence-electron chi connectivity index (χ3n) is 4.33. The van der Waals surface area contributed by atoms with Crippen molar-refractivity contribution < 1.29 is 0 Å². The van der Waals surface area contributed by atoms with Gasteiger partial charge < -0.3 is 4.57 Å². The molecule has 0 aliphatic heterocycles. The number of hydrogen-bond acceptors (Lipinski definition) is 3. The lowest BCUT2D eigenvalue weighted by Crippen LogP contribution is -1.99. The molecule has 5 heteroatoms. The lowest BCUT2D eigenvalue weighted by molar-refractivity contribution is 0.758. The summed E-state index contributed by atoms with van der Waals surface area (Å²) in [4.78, 5) is 4.65. The van der Waals surface area contributed by atoms with E-state index in [0.29, 0.717) is 12.5 Å². The van der Waals surface area contributed by atoms with E-state index in [1.54, 1.807) is 0 Å². The Balaban J connectivity index is 1.77. The number of aryl methyl sites for hydroxylation is 1. The van der Waals surface area contributed by atoms with E-state index in [9.17, 15) is 0 Å². The molecular formula is C18H17N5. The Bertz CT molecular complexity index is 934. The van der Waals surface area contributed by atoms with Crippen LogP contribution in [0.2, 0.25) is 0 Å². The Labute approximate surface area is 134 Å². The summed E-state index contributed by atoms with van der Waals surface area (Å²) in [5.74, 6) is 1.46. The van der Waals surface area contributed by atoms with E-state index in [1.165, 1.54) is 18.4 Å². The summed E-state index contributed by atoms with van der Waals surface area (Å²) in [6, 6.07) is 10.1. The fraction of sp³-hybridized carbons (Fsp3) is 0.278. The normalized spacial score (nSPS) is 14.6. The minimum Gasteiger partial charge on any atom is -0.310 e. The first-order valence-corrected chi connectivity index (χ1v) is 7.80. The lowest BCUT2D eigenvalue weighted by Gasteiger charge is -2.02. The van der Waals surface area contributed by atoms with Crippen LogP contribution in [0.1, 0.15) is 35.8 Å². The van der Waals surface area contributed by atoms with Gasteiger partial charge in [-0.25, -0.2) is 4.98 Å². The van der Waals surface area contributed by atoms with Crippen LogP contribution in [0.15, 0.2) is 30.5 Å².